The largest absolute Gasteiger partial charge is 0.381 e. The van der Waals surface area contributed by atoms with Crippen LogP contribution in [0.2, 0.25) is 0 Å². The van der Waals surface area contributed by atoms with E-state index in [-0.39, 0.29) is 0 Å². The number of rotatable bonds is 4. The molecule has 6 atom stereocenters. The second kappa shape index (κ2) is 3.98. The molecule has 0 aromatic heterocycles. The Bertz CT molecular complexity index is 323. The monoisotopic (exact) mass is 230 g/mol. The fraction of sp³-hybridized carbons (Fsp3) is 0.750. The lowest BCUT2D eigenvalue weighted by Gasteiger charge is -2.22. The zero-order valence-electron chi connectivity index (χ0n) is 10.4. The highest BCUT2D eigenvalue weighted by Gasteiger charge is 2.37. The fourth-order valence-electron chi connectivity index (χ4n) is 4.54. The molecule has 0 N–H and O–H groups in total. The molecule has 0 unspecified atom stereocenters. The minimum absolute atomic E-state index is 0.833. The van der Waals surface area contributed by atoms with Crippen molar-refractivity contribution in [1.29, 1.82) is 0 Å². The van der Waals surface area contributed by atoms with Crippen LogP contribution in [0.1, 0.15) is 25.7 Å². The highest BCUT2D eigenvalue weighted by atomic mass is 16.5. The zero-order chi connectivity index (χ0) is 11.2. The number of ether oxygens (including phenoxy) is 1. The third-order valence-electron chi connectivity index (χ3n) is 5.50. The lowest BCUT2D eigenvalue weighted by atomic mass is 9.93. The highest BCUT2D eigenvalue weighted by molar-refractivity contribution is 5.11. The van der Waals surface area contributed by atoms with Gasteiger partial charge in [-0.2, -0.15) is 0 Å². The summed E-state index contributed by atoms with van der Waals surface area (Å²) in [5.41, 5.74) is 0. The summed E-state index contributed by atoms with van der Waals surface area (Å²) in [7, 11) is 0. The van der Waals surface area contributed by atoms with Crippen LogP contribution in [-0.4, -0.2) is 13.2 Å². The molecule has 0 aliphatic heterocycles. The third kappa shape index (κ3) is 1.79. The summed E-state index contributed by atoms with van der Waals surface area (Å²) in [5.74, 6) is 5.14. The van der Waals surface area contributed by atoms with E-state index in [1.165, 1.54) is 25.7 Å². The molecule has 92 valence electrons. The van der Waals surface area contributed by atoms with Gasteiger partial charge in [-0.3, -0.25) is 0 Å². The standard InChI is InChI=1S/C16H22O/c1-3-13-5-11(1)7-15(13)9-17-10-16-8-12-2-4-14(16)6-12/h1-4,11-16H,5-10H2/t11-,12+,13+,14-,15-,16+. The van der Waals surface area contributed by atoms with Crippen molar-refractivity contribution in [2.45, 2.75) is 25.7 Å². The predicted octanol–water partition coefficient (Wildman–Crippen LogP) is 3.43. The average Bonchev–Trinajstić information content (AvgIpc) is 3.09. The van der Waals surface area contributed by atoms with Gasteiger partial charge in [0, 0.05) is 13.2 Å². The summed E-state index contributed by atoms with van der Waals surface area (Å²) in [5, 5.41) is 0. The second-order valence-corrected chi connectivity index (χ2v) is 6.62. The first-order valence-electron chi connectivity index (χ1n) is 7.33. The van der Waals surface area contributed by atoms with Gasteiger partial charge in [0.15, 0.2) is 0 Å². The minimum atomic E-state index is 0.833. The van der Waals surface area contributed by atoms with Crippen molar-refractivity contribution in [3.8, 4) is 0 Å². The first-order chi connectivity index (χ1) is 8.38. The van der Waals surface area contributed by atoms with Crippen LogP contribution in [0.4, 0.5) is 0 Å². The molecule has 2 saturated carbocycles. The Labute approximate surface area is 104 Å². The minimum Gasteiger partial charge on any atom is -0.381 e. The maximum absolute atomic E-state index is 6.04. The van der Waals surface area contributed by atoms with Gasteiger partial charge in [-0.1, -0.05) is 24.3 Å². The van der Waals surface area contributed by atoms with Crippen LogP contribution in [0.15, 0.2) is 24.3 Å². The van der Waals surface area contributed by atoms with Crippen molar-refractivity contribution in [3.05, 3.63) is 24.3 Å². The van der Waals surface area contributed by atoms with E-state index >= 15 is 0 Å². The molecule has 1 heteroatoms. The Kier molecular flexibility index (Phi) is 2.43. The summed E-state index contributed by atoms with van der Waals surface area (Å²) < 4.78 is 6.04. The van der Waals surface area contributed by atoms with Gasteiger partial charge < -0.3 is 4.74 Å². The Morgan fingerprint density at radius 2 is 1.24 bits per heavy atom. The van der Waals surface area contributed by atoms with Gasteiger partial charge in [-0.25, -0.2) is 0 Å². The van der Waals surface area contributed by atoms with E-state index in [1.807, 2.05) is 0 Å². The SMILES string of the molecule is C1=C[C@@H]2C[C@H]1C[C@H]2COC[C@H]1C[C@@H]2C=C[C@H]1C2. The summed E-state index contributed by atoms with van der Waals surface area (Å²) in [6.07, 6.45) is 15.3. The van der Waals surface area contributed by atoms with Gasteiger partial charge in [0.2, 0.25) is 0 Å². The van der Waals surface area contributed by atoms with Gasteiger partial charge in [0.1, 0.15) is 0 Å². The maximum atomic E-state index is 6.04. The highest BCUT2D eigenvalue weighted by Crippen LogP contribution is 2.45. The van der Waals surface area contributed by atoms with E-state index in [2.05, 4.69) is 24.3 Å². The predicted molar refractivity (Wildman–Crippen MR) is 68.5 cm³/mol. The lowest BCUT2D eigenvalue weighted by molar-refractivity contribution is 0.0579. The van der Waals surface area contributed by atoms with Gasteiger partial charge in [0.05, 0.1) is 0 Å². The van der Waals surface area contributed by atoms with E-state index in [4.69, 9.17) is 4.74 Å². The molecule has 4 bridgehead atoms. The first kappa shape index (κ1) is 10.4. The van der Waals surface area contributed by atoms with Crippen LogP contribution < -0.4 is 0 Å². The van der Waals surface area contributed by atoms with Crippen LogP contribution in [-0.2, 0) is 4.74 Å². The maximum Gasteiger partial charge on any atom is 0.0500 e. The molecule has 4 aliphatic rings. The zero-order valence-corrected chi connectivity index (χ0v) is 10.4. The normalized spacial score (nSPS) is 49.6. The molecular weight excluding hydrogens is 208 g/mol. The fourth-order valence-corrected chi connectivity index (χ4v) is 4.54. The Balaban J connectivity index is 1.24. The smallest absolute Gasteiger partial charge is 0.0500 e. The van der Waals surface area contributed by atoms with Crippen LogP contribution in [0.3, 0.4) is 0 Å². The number of hydrogen-bond donors (Lipinski definition) is 0. The second-order valence-electron chi connectivity index (χ2n) is 6.62. The summed E-state index contributed by atoms with van der Waals surface area (Å²) >= 11 is 0. The topological polar surface area (TPSA) is 9.23 Å². The van der Waals surface area contributed by atoms with Gasteiger partial charge in [-0.15, -0.1) is 0 Å². The molecule has 0 heterocycles. The van der Waals surface area contributed by atoms with Crippen LogP contribution in [0, 0.1) is 35.5 Å². The molecule has 0 aromatic rings. The Hall–Kier alpha value is -0.560. The molecule has 4 rings (SSSR count). The molecule has 2 fully saturated rings. The number of fused-ring (bicyclic) bond motifs is 4. The molecule has 0 spiro atoms. The molecular formula is C16H22O. The van der Waals surface area contributed by atoms with Crippen molar-refractivity contribution in [2.24, 2.45) is 35.5 Å². The van der Waals surface area contributed by atoms with Crippen molar-refractivity contribution in [2.75, 3.05) is 13.2 Å². The van der Waals surface area contributed by atoms with Crippen molar-refractivity contribution < 1.29 is 4.74 Å². The molecule has 0 amide bonds. The van der Waals surface area contributed by atoms with Gasteiger partial charge >= 0.3 is 0 Å². The molecule has 0 aromatic carbocycles. The molecule has 4 aliphatic carbocycles. The third-order valence-corrected chi connectivity index (χ3v) is 5.50. The van der Waals surface area contributed by atoms with E-state index in [9.17, 15) is 0 Å². The summed E-state index contributed by atoms with van der Waals surface area (Å²) in [6.45, 7) is 2.03. The number of hydrogen-bond acceptors (Lipinski definition) is 1. The van der Waals surface area contributed by atoms with Crippen LogP contribution in [0.25, 0.3) is 0 Å². The van der Waals surface area contributed by atoms with E-state index in [0.717, 1.165) is 48.7 Å². The molecule has 0 saturated heterocycles. The molecule has 0 radical (unpaired) electrons. The quantitative estimate of drug-likeness (QED) is 0.672. The summed E-state index contributed by atoms with van der Waals surface area (Å²) in [4.78, 5) is 0. The average molecular weight is 230 g/mol. The lowest BCUT2D eigenvalue weighted by Crippen LogP contribution is -2.20. The van der Waals surface area contributed by atoms with Gasteiger partial charge in [0.25, 0.3) is 0 Å². The van der Waals surface area contributed by atoms with E-state index in [1.54, 1.807) is 0 Å². The van der Waals surface area contributed by atoms with E-state index < -0.39 is 0 Å². The van der Waals surface area contributed by atoms with Crippen molar-refractivity contribution in [3.63, 3.8) is 0 Å². The van der Waals surface area contributed by atoms with Crippen LogP contribution >= 0.6 is 0 Å². The molecule has 1 nitrogen and oxygen atoms in total. The van der Waals surface area contributed by atoms with E-state index in [0.29, 0.717) is 0 Å². The van der Waals surface area contributed by atoms with Gasteiger partial charge in [-0.05, 0) is 61.2 Å². The van der Waals surface area contributed by atoms with Crippen molar-refractivity contribution in [1.82, 2.24) is 0 Å². The summed E-state index contributed by atoms with van der Waals surface area (Å²) in [6, 6.07) is 0. The number of allylic oxidation sites excluding steroid dienone is 4. The Morgan fingerprint density at radius 1 is 0.706 bits per heavy atom. The van der Waals surface area contributed by atoms with Crippen molar-refractivity contribution >= 4 is 0 Å². The van der Waals surface area contributed by atoms with Crippen LogP contribution in [0.5, 0.6) is 0 Å². The molecule has 17 heavy (non-hydrogen) atoms. The Morgan fingerprint density at radius 3 is 1.59 bits per heavy atom. The first-order valence-corrected chi connectivity index (χ1v) is 7.33.